The number of rotatable bonds is 0. The molecule has 0 unspecified atom stereocenters. The maximum Gasteiger partial charge on any atom is 0.205 e. The molecule has 26 heavy (non-hydrogen) atoms. The number of aliphatic hydroxyl groups excluding tert-OH is 3. The molecule has 9 rings (SSSR count). The Bertz CT molecular complexity index is 801. The minimum atomic E-state index is -0.836. The Morgan fingerprint density at radius 2 is 1.96 bits per heavy atom. The third-order valence-electron chi connectivity index (χ3n) is 11.3. The monoisotopic (exact) mass is 360 g/mol. The Kier molecular flexibility index (Phi) is 2.14. The van der Waals surface area contributed by atoms with E-state index < -0.39 is 23.3 Å². The number of nitrogens with zero attached hydrogens (tertiary/aromatic N) is 1. The van der Waals surface area contributed by atoms with E-state index in [-0.39, 0.29) is 40.7 Å². The topological polar surface area (TPSA) is 80.9 Å². The highest BCUT2D eigenvalue weighted by atomic mass is 16.3. The minimum absolute atomic E-state index is 0.0244. The molecule has 6 saturated carbocycles. The first-order valence-corrected chi connectivity index (χ1v) is 10.4. The van der Waals surface area contributed by atoms with Gasteiger partial charge in [0.05, 0.1) is 43.2 Å². The molecule has 2 spiro atoms. The summed E-state index contributed by atoms with van der Waals surface area (Å²) < 4.78 is 0.580. The van der Waals surface area contributed by atoms with E-state index >= 15 is 0 Å². The lowest BCUT2D eigenvalue weighted by Crippen LogP contribution is -2.72. The number of hydrogen-bond donors (Lipinski definition) is 4. The molecule has 0 amide bonds. The lowest BCUT2D eigenvalue weighted by Gasteiger charge is -2.65. The fraction of sp³-hybridized carbons (Fsp3) is 0.905. The highest BCUT2D eigenvalue weighted by molar-refractivity contribution is 5.40. The zero-order chi connectivity index (χ0) is 18.2. The van der Waals surface area contributed by atoms with Gasteiger partial charge in [-0.2, -0.15) is 0 Å². The fourth-order valence-electron chi connectivity index (χ4n) is 11.5. The van der Waals surface area contributed by atoms with Crippen LogP contribution in [0.25, 0.3) is 0 Å². The van der Waals surface area contributed by atoms with Crippen molar-refractivity contribution in [2.45, 2.75) is 62.7 Å². The van der Waals surface area contributed by atoms with Crippen molar-refractivity contribution in [3.05, 3.63) is 12.2 Å². The summed E-state index contributed by atoms with van der Waals surface area (Å²) in [6, 6.07) is 0.208. The van der Waals surface area contributed by atoms with Crippen molar-refractivity contribution in [2.24, 2.45) is 39.9 Å². The average Bonchev–Trinajstić information content (AvgIpc) is 2.83. The third-order valence-corrected chi connectivity index (χ3v) is 11.3. The Hall–Kier alpha value is -0.460. The number of hydrogen-bond acceptors (Lipinski definition) is 4. The lowest BCUT2D eigenvalue weighted by atomic mass is 9.39. The maximum absolute atomic E-state index is 12.2. The minimum Gasteiger partial charge on any atom is -0.392 e. The second kappa shape index (κ2) is 3.59. The van der Waals surface area contributed by atoms with E-state index in [0.29, 0.717) is 23.4 Å². The van der Waals surface area contributed by atoms with Crippen LogP contribution in [-0.2, 0) is 0 Å². The first-order chi connectivity index (χ1) is 12.1. The second-order valence-corrected chi connectivity index (χ2v) is 11.7. The molecule has 142 valence electrons. The van der Waals surface area contributed by atoms with Crippen LogP contribution >= 0.6 is 0 Å². The summed E-state index contributed by atoms with van der Waals surface area (Å²) >= 11 is 0. The molecule has 0 aromatic heterocycles. The summed E-state index contributed by atoms with van der Waals surface area (Å²) in [5.41, 5.74) is -0.299. The average molecular weight is 360 g/mol. The van der Waals surface area contributed by atoms with Crippen molar-refractivity contribution in [3.63, 3.8) is 0 Å². The lowest BCUT2D eigenvalue weighted by molar-refractivity contribution is -0.996. The molecule has 3 aliphatic heterocycles. The van der Waals surface area contributed by atoms with Crippen molar-refractivity contribution in [1.29, 1.82) is 0 Å². The van der Waals surface area contributed by atoms with E-state index in [1.165, 1.54) is 5.57 Å². The Balaban J connectivity index is 1.57. The van der Waals surface area contributed by atoms with Gasteiger partial charge in [0.2, 0.25) is 5.72 Å². The van der Waals surface area contributed by atoms with Gasteiger partial charge < -0.3 is 20.4 Å². The van der Waals surface area contributed by atoms with Gasteiger partial charge in [-0.3, -0.25) is 4.48 Å². The van der Waals surface area contributed by atoms with E-state index in [9.17, 15) is 20.4 Å². The highest BCUT2D eigenvalue weighted by Gasteiger charge is 2.99. The van der Waals surface area contributed by atoms with Gasteiger partial charge in [-0.25, -0.2) is 0 Å². The molecular weight excluding hydrogens is 330 g/mol. The Labute approximate surface area is 153 Å². The zero-order valence-corrected chi connectivity index (χ0v) is 15.6. The molecule has 5 heteroatoms. The van der Waals surface area contributed by atoms with Crippen molar-refractivity contribution in [3.8, 4) is 0 Å². The predicted octanol–water partition coefficient (Wildman–Crippen LogP) is 0.229. The van der Waals surface area contributed by atoms with Gasteiger partial charge in [0, 0.05) is 23.7 Å². The zero-order valence-electron chi connectivity index (χ0n) is 15.6. The van der Waals surface area contributed by atoms with Crippen LogP contribution < -0.4 is 0 Å². The van der Waals surface area contributed by atoms with E-state index in [0.717, 1.165) is 19.3 Å². The van der Waals surface area contributed by atoms with E-state index in [2.05, 4.69) is 20.6 Å². The van der Waals surface area contributed by atoms with Crippen LogP contribution in [0.15, 0.2) is 12.2 Å². The van der Waals surface area contributed by atoms with E-state index in [4.69, 9.17) is 0 Å². The number of fused-ring (bicyclic) bond motifs is 1. The molecule has 5 nitrogen and oxygen atoms in total. The number of aliphatic hydroxyl groups is 4. The van der Waals surface area contributed by atoms with Crippen LogP contribution in [0.4, 0.5) is 0 Å². The predicted molar refractivity (Wildman–Crippen MR) is 92.4 cm³/mol. The molecule has 9 bridgehead atoms. The normalized spacial score (nSPS) is 76.9. The molecule has 0 aromatic carbocycles. The van der Waals surface area contributed by atoms with E-state index in [1.807, 2.05) is 0 Å². The molecule has 6 aliphatic carbocycles. The van der Waals surface area contributed by atoms with Crippen LogP contribution in [0.5, 0.6) is 0 Å². The summed E-state index contributed by atoms with van der Waals surface area (Å²) in [5.74, 6) is 0.853. The quantitative estimate of drug-likeness (QED) is 0.368. The largest absolute Gasteiger partial charge is 0.392 e. The summed E-state index contributed by atoms with van der Waals surface area (Å²) in [5, 5.41) is 45.3. The molecular formula is C21H30NO4+. The smallest absolute Gasteiger partial charge is 0.205 e. The van der Waals surface area contributed by atoms with Gasteiger partial charge in [0.15, 0.2) is 0 Å². The van der Waals surface area contributed by atoms with Crippen LogP contribution in [0.3, 0.4) is 0 Å². The van der Waals surface area contributed by atoms with Gasteiger partial charge in [-0.1, -0.05) is 19.1 Å². The number of quaternary nitrogens is 1. The SMILES string of the molecule is C=C1C[C@]23C[C@@]4(O)[C@@H]5[C@]6(C)C[N@@+]4(C)[C@@H]4[C@H]2[C@@H](O)[C@H]1C[C@H]3[C@]54C[C@@H](O)[C@H]6O. The Morgan fingerprint density at radius 1 is 1.23 bits per heavy atom. The maximum atomic E-state index is 12.2. The van der Waals surface area contributed by atoms with Crippen molar-refractivity contribution in [2.75, 3.05) is 13.6 Å². The molecule has 13 atom stereocenters. The molecule has 3 heterocycles. The first-order valence-electron chi connectivity index (χ1n) is 10.4. The summed E-state index contributed by atoms with van der Waals surface area (Å²) in [7, 11) is 2.18. The highest BCUT2D eigenvalue weighted by Crippen LogP contribution is 2.90. The summed E-state index contributed by atoms with van der Waals surface area (Å²) in [6.45, 7) is 7.11. The van der Waals surface area contributed by atoms with Crippen molar-refractivity contribution >= 4 is 0 Å². The van der Waals surface area contributed by atoms with Crippen LogP contribution in [-0.4, -0.2) is 68.6 Å². The van der Waals surface area contributed by atoms with Crippen molar-refractivity contribution < 1.29 is 24.9 Å². The number of piperidine rings is 2. The molecule has 0 aromatic rings. The Morgan fingerprint density at radius 3 is 2.69 bits per heavy atom. The van der Waals surface area contributed by atoms with Crippen molar-refractivity contribution in [1.82, 2.24) is 0 Å². The fourth-order valence-corrected chi connectivity index (χ4v) is 11.5. The molecule has 9 aliphatic rings. The molecule has 4 N–H and O–H groups in total. The molecule has 3 saturated heterocycles. The third kappa shape index (κ3) is 1.02. The van der Waals surface area contributed by atoms with E-state index in [1.54, 1.807) is 0 Å². The standard InChI is InChI=1S/C21H30NO4/c1-9-5-19-7-21(26)17-18(2)8-22(21,3)15-13(19)14(24)10(9)4-12(19)20(15,17)6-11(23)16(18)25/h10-17,23-26H,1,4-8H2,2-3H3/q+1/t10-,11+,12+,13+,14-,15+,16+,17+,18+,19+,20-,21+,22-/m0/s1. The van der Waals surface area contributed by atoms with Gasteiger partial charge in [0.1, 0.15) is 6.04 Å². The van der Waals surface area contributed by atoms with Crippen LogP contribution in [0.2, 0.25) is 0 Å². The van der Waals surface area contributed by atoms with Gasteiger partial charge >= 0.3 is 0 Å². The van der Waals surface area contributed by atoms with Gasteiger partial charge in [-0.05, 0) is 30.6 Å². The molecule has 9 fully saturated rings. The summed E-state index contributed by atoms with van der Waals surface area (Å²) in [6.07, 6.45) is 1.37. The van der Waals surface area contributed by atoms with Crippen LogP contribution in [0, 0.1) is 39.9 Å². The second-order valence-electron chi connectivity index (χ2n) is 11.7. The summed E-state index contributed by atoms with van der Waals surface area (Å²) in [4.78, 5) is 0. The van der Waals surface area contributed by atoms with Gasteiger partial charge in [0.25, 0.3) is 0 Å². The molecule has 0 radical (unpaired) electrons. The first kappa shape index (κ1) is 15.5. The van der Waals surface area contributed by atoms with Crippen LogP contribution in [0.1, 0.15) is 32.6 Å². The van der Waals surface area contributed by atoms with Gasteiger partial charge in [-0.15, -0.1) is 0 Å².